The summed E-state index contributed by atoms with van der Waals surface area (Å²) in [5.41, 5.74) is 13.3. The molecule has 0 aliphatic heterocycles. The van der Waals surface area contributed by atoms with E-state index in [2.05, 4.69) is 113 Å². The van der Waals surface area contributed by atoms with Crippen LogP contribution in [0, 0.1) is 31.8 Å². The van der Waals surface area contributed by atoms with Crippen molar-refractivity contribution in [3.63, 3.8) is 0 Å². The predicted molar refractivity (Wildman–Crippen MR) is 178 cm³/mol. The van der Waals surface area contributed by atoms with E-state index in [1.165, 1.54) is 0 Å². The maximum Gasteiger partial charge on any atom is 0.188 e. The zero-order valence-electron chi connectivity index (χ0n) is 24.0. The summed E-state index contributed by atoms with van der Waals surface area (Å²) in [7, 11) is 0. The molecule has 3 nitrogen and oxygen atoms in total. The van der Waals surface area contributed by atoms with Gasteiger partial charge in [-0.2, -0.15) is 5.26 Å². The van der Waals surface area contributed by atoms with Crippen LogP contribution in [-0.4, -0.2) is 4.57 Å². The van der Waals surface area contributed by atoms with Gasteiger partial charge >= 0.3 is 0 Å². The zero-order valence-corrected chi connectivity index (χ0v) is 24.0. The second kappa shape index (κ2) is 10.5. The first kappa shape index (κ1) is 26.0. The highest BCUT2D eigenvalue weighted by Gasteiger charge is 2.17. The summed E-state index contributed by atoms with van der Waals surface area (Å²) in [6, 6.07) is 46.6. The Bertz CT molecular complexity index is 2150. The first-order valence-electron chi connectivity index (χ1n) is 14.3. The molecule has 7 rings (SSSR count). The number of aromatic nitrogens is 1. The van der Waals surface area contributed by atoms with E-state index >= 15 is 0 Å². The van der Waals surface area contributed by atoms with E-state index in [9.17, 15) is 5.26 Å². The Morgan fingerprint density at radius 3 is 1.84 bits per heavy atom. The van der Waals surface area contributed by atoms with Crippen molar-refractivity contribution >= 4 is 27.5 Å². The first-order chi connectivity index (χ1) is 21.0. The molecule has 0 unspecified atom stereocenters. The van der Waals surface area contributed by atoms with Crippen molar-refractivity contribution in [1.29, 1.82) is 5.26 Å². The highest BCUT2D eigenvalue weighted by atomic mass is 15.0. The maximum atomic E-state index is 9.62. The lowest BCUT2D eigenvalue weighted by Crippen LogP contribution is -1.97. The molecule has 0 amide bonds. The van der Waals surface area contributed by atoms with Crippen LogP contribution in [0.2, 0.25) is 0 Å². The second-order valence-corrected chi connectivity index (χ2v) is 11.1. The van der Waals surface area contributed by atoms with Crippen molar-refractivity contribution in [2.24, 2.45) is 0 Å². The molecule has 1 aromatic heterocycles. The van der Waals surface area contributed by atoms with Crippen LogP contribution >= 0.6 is 0 Å². The van der Waals surface area contributed by atoms with Crippen LogP contribution in [-0.2, 0) is 0 Å². The van der Waals surface area contributed by atoms with Gasteiger partial charge in [0.1, 0.15) is 0 Å². The maximum absolute atomic E-state index is 9.62. The third-order valence-corrected chi connectivity index (χ3v) is 8.06. The smallest absolute Gasteiger partial charge is 0.188 e. The van der Waals surface area contributed by atoms with E-state index in [1.54, 1.807) is 0 Å². The molecule has 0 saturated carbocycles. The van der Waals surface area contributed by atoms with Crippen molar-refractivity contribution in [3.8, 4) is 45.1 Å². The lowest BCUT2D eigenvalue weighted by molar-refractivity contribution is 1.18. The molecule has 0 aliphatic carbocycles. The molecule has 0 aliphatic rings. The van der Waals surface area contributed by atoms with Crippen molar-refractivity contribution in [2.45, 2.75) is 13.8 Å². The number of benzene rings is 6. The quantitative estimate of drug-likeness (QED) is 0.201. The minimum atomic E-state index is 0.643. The van der Waals surface area contributed by atoms with Gasteiger partial charge in [0.25, 0.3) is 0 Å². The van der Waals surface area contributed by atoms with E-state index in [1.807, 2.05) is 44.2 Å². The normalized spacial score (nSPS) is 11.0. The van der Waals surface area contributed by atoms with Crippen LogP contribution in [0.3, 0.4) is 0 Å². The van der Waals surface area contributed by atoms with Crippen LogP contribution in [0.25, 0.3) is 65.7 Å². The van der Waals surface area contributed by atoms with Crippen LogP contribution in [0.4, 0.5) is 5.69 Å². The molecule has 0 saturated heterocycles. The van der Waals surface area contributed by atoms with Crippen LogP contribution in [0.5, 0.6) is 0 Å². The molecule has 7 aromatic rings. The van der Waals surface area contributed by atoms with Gasteiger partial charge in [0, 0.05) is 16.3 Å². The van der Waals surface area contributed by atoms with E-state index < -0.39 is 0 Å². The predicted octanol–water partition coefficient (Wildman–Crippen LogP) is 10.8. The number of hydrogen-bond acceptors (Lipinski definition) is 1. The number of nitriles is 1. The lowest BCUT2D eigenvalue weighted by atomic mass is 9.97. The number of hydrogen-bond donors (Lipinski definition) is 0. The molecule has 0 radical (unpaired) electrons. The van der Waals surface area contributed by atoms with Crippen molar-refractivity contribution < 1.29 is 0 Å². The Balaban J connectivity index is 1.54. The second-order valence-electron chi connectivity index (χ2n) is 11.1. The number of fused-ring (bicyclic) bond motifs is 3. The molecule has 43 heavy (non-hydrogen) atoms. The fraction of sp³-hybridized carbons (Fsp3) is 0.0500. The molecule has 0 atom stereocenters. The van der Waals surface area contributed by atoms with Crippen molar-refractivity contribution in [1.82, 2.24) is 4.57 Å². The summed E-state index contributed by atoms with van der Waals surface area (Å²) < 4.78 is 2.36. The Morgan fingerprint density at radius 2 is 1.19 bits per heavy atom. The summed E-state index contributed by atoms with van der Waals surface area (Å²) in [4.78, 5) is 3.70. The standard InChI is InChI=1S/C40H27N3/c1-26-17-28(25-41)21-32(18-26)30-13-15-39-36(23-30)37-24-31(33-19-27(2)20-34(22-33)42-3)14-16-40(37)43(39)38-12-8-7-11-35(38)29-9-5-4-6-10-29/h4-24H,1-2H3. The van der Waals surface area contributed by atoms with Crippen molar-refractivity contribution in [3.05, 3.63) is 156 Å². The van der Waals surface area contributed by atoms with Gasteiger partial charge < -0.3 is 4.57 Å². The molecule has 202 valence electrons. The summed E-state index contributed by atoms with van der Waals surface area (Å²) in [5.74, 6) is 0. The summed E-state index contributed by atoms with van der Waals surface area (Å²) in [6.45, 7) is 11.6. The lowest BCUT2D eigenvalue weighted by Gasteiger charge is -2.14. The molecule has 6 aromatic carbocycles. The zero-order chi connectivity index (χ0) is 29.5. The average molecular weight is 550 g/mol. The number of aryl methyl sites for hydroxylation is 2. The Morgan fingerprint density at radius 1 is 0.581 bits per heavy atom. The van der Waals surface area contributed by atoms with Gasteiger partial charge in [-0.05, 0) is 95.8 Å². The number of nitrogens with zero attached hydrogens (tertiary/aromatic N) is 3. The first-order valence-corrected chi connectivity index (χ1v) is 14.3. The molecular weight excluding hydrogens is 522 g/mol. The van der Waals surface area contributed by atoms with Gasteiger partial charge in [-0.15, -0.1) is 0 Å². The minimum absolute atomic E-state index is 0.643. The minimum Gasteiger partial charge on any atom is -0.309 e. The molecule has 1 heterocycles. The van der Waals surface area contributed by atoms with Gasteiger partial charge in [0.15, 0.2) is 5.69 Å². The topological polar surface area (TPSA) is 33.1 Å². The van der Waals surface area contributed by atoms with Gasteiger partial charge in [0.2, 0.25) is 0 Å². The van der Waals surface area contributed by atoms with E-state index in [4.69, 9.17) is 6.57 Å². The van der Waals surface area contributed by atoms with Crippen molar-refractivity contribution in [2.75, 3.05) is 0 Å². The van der Waals surface area contributed by atoms with Gasteiger partial charge in [-0.1, -0.05) is 84.4 Å². The Kier molecular flexibility index (Phi) is 6.35. The van der Waals surface area contributed by atoms with Gasteiger partial charge in [-0.3, -0.25) is 0 Å². The average Bonchev–Trinajstić information content (AvgIpc) is 3.37. The van der Waals surface area contributed by atoms with Gasteiger partial charge in [0.05, 0.1) is 34.9 Å². The highest BCUT2D eigenvalue weighted by Crippen LogP contribution is 2.40. The molecule has 0 N–H and O–H groups in total. The van der Waals surface area contributed by atoms with E-state index in [-0.39, 0.29) is 0 Å². The fourth-order valence-corrected chi connectivity index (χ4v) is 6.18. The summed E-state index contributed by atoms with van der Waals surface area (Å²) in [6.07, 6.45) is 0. The highest BCUT2D eigenvalue weighted by molar-refractivity contribution is 6.12. The summed E-state index contributed by atoms with van der Waals surface area (Å²) >= 11 is 0. The van der Waals surface area contributed by atoms with Gasteiger partial charge in [-0.25, -0.2) is 4.85 Å². The van der Waals surface area contributed by atoms with E-state index in [0.717, 1.165) is 72.0 Å². The Hall–Kier alpha value is -5.90. The van der Waals surface area contributed by atoms with Crippen LogP contribution in [0.15, 0.2) is 127 Å². The van der Waals surface area contributed by atoms with Crippen LogP contribution < -0.4 is 0 Å². The van der Waals surface area contributed by atoms with Crippen LogP contribution in [0.1, 0.15) is 16.7 Å². The fourth-order valence-electron chi connectivity index (χ4n) is 6.18. The molecular formula is C40H27N3. The van der Waals surface area contributed by atoms with E-state index in [0.29, 0.717) is 11.3 Å². The number of para-hydroxylation sites is 1. The Labute approximate surface area is 251 Å². The third-order valence-electron chi connectivity index (χ3n) is 8.06. The third kappa shape index (κ3) is 4.64. The molecule has 0 bridgehead atoms. The number of rotatable bonds is 4. The monoisotopic (exact) mass is 549 g/mol. The molecule has 3 heteroatoms. The molecule has 0 fully saturated rings. The summed E-state index contributed by atoms with van der Waals surface area (Å²) in [5, 5.41) is 11.9. The SMILES string of the molecule is [C-]#[N+]c1cc(C)cc(-c2ccc3c(c2)c2cc(-c4cc(C)cc(C#N)c4)ccc2n3-c2ccccc2-c2ccccc2)c1. The molecule has 0 spiro atoms. The largest absolute Gasteiger partial charge is 0.309 e.